The number of guanidine groups is 1. The van der Waals surface area contributed by atoms with Crippen molar-refractivity contribution in [1.29, 1.82) is 0 Å². The van der Waals surface area contributed by atoms with Gasteiger partial charge in [-0.3, -0.25) is 0 Å². The lowest BCUT2D eigenvalue weighted by molar-refractivity contribution is 0.320. The Bertz CT molecular complexity index is 581. The molecule has 0 saturated carbocycles. The first kappa shape index (κ1) is 16.4. The van der Waals surface area contributed by atoms with Crippen LogP contribution in [0.1, 0.15) is 18.1 Å². The molecular formula is C17H23N3OS. The zero-order chi connectivity index (χ0) is 15.6. The van der Waals surface area contributed by atoms with Crippen molar-refractivity contribution >= 4 is 17.3 Å². The fourth-order valence-corrected chi connectivity index (χ4v) is 2.60. The van der Waals surface area contributed by atoms with Gasteiger partial charge >= 0.3 is 0 Å². The van der Waals surface area contributed by atoms with E-state index in [4.69, 9.17) is 4.74 Å². The maximum atomic E-state index is 5.77. The Hall–Kier alpha value is -2.01. The van der Waals surface area contributed by atoms with Crippen molar-refractivity contribution in [2.24, 2.45) is 4.99 Å². The van der Waals surface area contributed by atoms with Crippen LogP contribution in [0.15, 0.2) is 46.1 Å². The Balaban J connectivity index is 1.77. The van der Waals surface area contributed by atoms with Crippen molar-refractivity contribution in [2.75, 3.05) is 19.7 Å². The number of hydrogen-bond acceptors (Lipinski definition) is 3. The highest BCUT2D eigenvalue weighted by Gasteiger charge is 2.00. The molecule has 0 spiro atoms. The molecule has 0 aliphatic heterocycles. The van der Waals surface area contributed by atoms with Crippen LogP contribution in [0.5, 0.6) is 5.75 Å². The van der Waals surface area contributed by atoms with Crippen molar-refractivity contribution < 1.29 is 4.74 Å². The van der Waals surface area contributed by atoms with Gasteiger partial charge in [0.05, 0.1) is 13.1 Å². The summed E-state index contributed by atoms with van der Waals surface area (Å²) in [5.74, 6) is 1.76. The summed E-state index contributed by atoms with van der Waals surface area (Å²) in [6.45, 7) is 6.96. The molecule has 0 unspecified atom stereocenters. The van der Waals surface area contributed by atoms with Crippen LogP contribution in [-0.4, -0.2) is 25.7 Å². The molecule has 1 heterocycles. The van der Waals surface area contributed by atoms with E-state index in [0.717, 1.165) is 23.8 Å². The fraction of sp³-hybridized carbons (Fsp3) is 0.353. The van der Waals surface area contributed by atoms with Gasteiger partial charge in [0, 0.05) is 6.54 Å². The molecule has 118 valence electrons. The van der Waals surface area contributed by atoms with Gasteiger partial charge in [-0.1, -0.05) is 18.2 Å². The van der Waals surface area contributed by atoms with Crippen molar-refractivity contribution in [3.8, 4) is 5.75 Å². The van der Waals surface area contributed by atoms with Gasteiger partial charge in [0.1, 0.15) is 12.4 Å². The summed E-state index contributed by atoms with van der Waals surface area (Å²) in [4.78, 5) is 4.56. The van der Waals surface area contributed by atoms with Crippen LogP contribution in [0.2, 0.25) is 0 Å². The van der Waals surface area contributed by atoms with Crippen molar-refractivity contribution in [2.45, 2.75) is 20.4 Å². The molecule has 0 fully saturated rings. The van der Waals surface area contributed by atoms with E-state index < -0.39 is 0 Å². The first-order valence-corrected chi connectivity index (χ1v) is 8.45. The molecule has 0 saturated heterocycles. The zero-order valence-corrected chi connectivity index (χ0v) is 14.0. The van der Waals surface area contributed by atoms with Gasteiger partial charge in [-0.25, -0.2) is 4.99 Å². The van der Waals surface area contributed by atoms with Crippen LogP contribution in [-0.2, 0) is 6.54 Å². The van der Waals surface area contributed by atoms with Crippen LogP contribution < -0.4 is 15.4 Å². The SMILES string of the molecule is CCNC(=NCc1ccsc1)NCCOc1ccccc1C. The summed E-state index contributed by atoms with van der Waals surface area (Å²) in [5.41, 5.74) is 2.39. The van der Waals surface area contributed by atoms with Gasteiger partial charge in [0.15, 0.2) is 5.96 Å². The van der Waals surface area contributed by atoms with E-state index in [9.17, 15) is 0 Å². The molecule has 0 aliphatic carbocycles. The van der Waals surface area contributed by atoms with Crippen LogP contribution in [0.3, 0.4) is 0 Å². The lowest BCUT2D eigenvalue weighted by Crippen LogP contribution is -2.39. The normalized spacial score (nSPS) is 11.3. The van der Waals surface area contributed by atoms with Crippen LogP contribution in [0, 0.1) is 6.92 Å². The lowest BCUT2D eigenvalue weighted by Gasteiger charge is -2.12. The molecule has 0 aliphatic rings. The minimum absolute atomic E-state index is 0.605. The molecule has 5 heteroatoms. The number of benzene rings is 1. The standard InChI is InChI=1S/C17H23N3OS/c1-3-18-17(20-12-15-8-11-22-13-15)19-9-10-21-16-7-5-4-6-14(16)2/h4-8,11,13H,3,9-10,12H2,1-2H3,(H2,18,19,20). The number of aliphatic imine (C=N–C) groups is 1. The average Bonchev–Trinajstić information content (AvgIpc) is 3.04. The second-order valence-corrected chi connectivity index (χ2v) is 5.65. The quantitative estimate of drug-likeness (QED) is 0.468. The number of nitrogens with one attached hydrogen (secondary N) is 2. The molecule has 2 N–H and O–H groups in total. The number of hydrogen-bond donors (Lipinski definition) is 2. The van der Waals surface area contributed by atoms with E-state index in [1.54, 1.807) is 11.3 Å². The third kappa shape index (κ3) is 5.41. The minimum atomic E-state index is 0.605. The molecule has 2 rings (SSSR count). The molecule has 0 bridgehead atoms. The molecule has 0 radical (unpaired) electrons. The molecular weight excluding hydrogens is 294 g/mol. The Morgan fingerprint density at radius 2 is 2.09 bits per heavy atom. The summed E-state index contributed by atoms with van der Waals surface area (Å²) in [6, 6.07) is 10.1. The maximum Gasteiger partial charge on any atom is 0.191 e. The highest BCUT2D eigenvalue weighted by Crippen LogP contribution is 2.15. The summed E-state index contributed by atoms with van der Waals surface area (Å²) >= 11 is 1.69. The van der Waals surface area contributed by atoms with Crippen LogP contribution in [0.4, 0.5) is 0 Å². The first-order chi connectivity index (χ1) is 10.8. The van der Waals surface area contributed by atoms with E-state index in [1.165, 1.54) is 5.56 Å². The van der Waals surface area contributed by atoms with Gasteiger partial charge in [-0.2, -0.15) is 11.3 Å². The van der Waals surface area contributed by atoms with Crippen molar-refractivity contribution in [1.82, 2.24) is 10.6 Å². The molecule has 22 heavy (non-hydrogen) atoms. The van der Waals surface area contributed by atoms with Crippen LogP contribution >= 0.6 is 11.3 Å². The number of rotatable bonds is 7. The molecule has 1 aromatic carbocycles. The van der Waals surface area contributed by atoms with Gasteiger partial charge < -0.3 is 15.4 Å². The number of thiophene rings is 1. The predicted molar refractivity (Wildman–Crippen MR) is 93.8 cm³/mol. The van der Waals surface area contributed by atoms with E-state index in [1.807, 2.05) is 18.2 Å². The monoisotopic (exact) mass is 317 g/mol. The van der Waals surface area contributed by atoms with Gasteiger partial charge in [0.2, 0.25) is 0 Å². The van der Waals surface area contributed by atoms with Crippen molar-refractivity contribution in [3.63, 3.8) is 0 Å². The van der Waals surface area contributed by atoms with Gasteiger partial charge in [-0.15, -0.1) is 0 Å². The van der Waals surface area contributed by atoms with E-state index in [-0.39, 0.29) is 0 Å². The number of aryl methyl sites for hydroxylation is 1. The summed E-state index contributed by atoms with van der Waals surface area (Å²) in [5, 5.41) is 10.7. The van der Waals surface area contributed by atoms with E-state index in [2.05, 4.69) is 52.4 Å². The van der Waals surface area contributed by atoms with E-state index in [0.29, 0.717) is 19.7 Å². The largest absolute Gasteiger partial charge is 0.491 e. The topological polar surface area (TPSA) is 45.7 Å². The molecule has 0 atom stereocenters. The molecule has 2 aromatic rings. The van der Waals surface area contributed by atoms with E-state index >= 15 is 0 Å². The zero-order valence-electron chi connectivity index (χ0n) is 13.1. The molecule has 1 aromatic heterocycles. The lowest BCUT2D eigenvalue weighted by atomic mass is 10.2. The smallest absolute Gasteiger partial charge is 0.191 e. The van der Waals surface area contributed by atoms with Gasteiger partial charge in [-0.05, 0) is 47.9 Å². The fourth-order valence-electron chi connectivity index (χ4n) is 1.94. The van der Waals surface area contributed by atoms with Crippen LogP contribution in [0.25, 0.3) is 0 Å². The predicted octanol–water partition coefficient (Wildman–Crippen LogP) is 3.19. The molecule has 0 amide bonds. The summed E-state index contributed by atoms with van der Waals surface area (Å²) in [6.07, 6.45) is 0. The summed E-state index contributed by atoms with van der Waals surface area (Å²) in [7, 11) is 0. The maximum absolute atomic E-state index is 5.77. The number of para-hydroxylation sites is 1. The van der Waals surface area contributed by atoms with Gasteiger partial charge in [0.25, 0.3) is 0 Å². The third-order valence-electron chi connectivity index (χ3n) is 3.09. The first-order valence-electron chi connectivity index (χ1n) is 7.51. The second-order valence-electron chi connectivity index (χ2n) is 4.87. The third-order valence-corrected chi connectivity index (χ3v) is 3.82. The summed E-state index contributed by atoms with van der Waals surface area (Å²) < 4.78 is 5.77. The van der Waals surface area contributed by atoms with Crippen molar-refractivity contribution in [3.05, 3.63) is 52.2 Å². The Kier molecular flexibility index (Phi) is 6.77. The highest BCUT2D eigenvalue weighted by molar-refractivity contribution is 7.07. The Morgan fingerprint density at radius 1 is 1.23 bits per heavy atom. The minimum Gasteiger partial charge on any atom is -0.491 e. The molecule has 4 nitrogen and oxygen atoms in total. The highest BCUT2D eigenvalue weighted by atomic mass is 32.1. The number of nitrogens with zero attached hydrogens (tertiary/aromatic N) is 1. The Morgan fingerprint density at radius 3 is 2.82 bits per heavy atom. The number of ether oxygens (including phenoxy) is 1. The average molecular weight is 317 g/mol. The second kappa shape index (κ2) is 9.10. The Labute approximate surface area is 136 Å².